The maximum atomic E-state index is 10.7. The van der Waals surface area contributed by atoms with Gasteiger partial charge in [0.05, 0.1) is 37.8 Å². The second kappa shape index (κ2) is 12.2. The number of fused-ring (bicyclic) bond motifs is 5. The lowest BCUT2D eigenvalue weighted by molar-refractivity contribution is 0.0269. The van der Waals surface area contributed by atoms with Gasteiger partial charge in [-0.25, -0.2) is 0 Å². The fraction of sp³-hybridized carbons (Fsp3) is 0.286. The molecule has 2 N–H and O–H groups in total. The molecule has 0 aromatic heterocycles. The summed E-state index contributed by atoms with van der Waals surface area (Å²) < 4.78 is 22.4. The van der Waals surface area contributed by atoms with E-state index in [1.807, 2.05) is 26.0 Å². The first-order valence-corrected chi connectivity index (χ1v) is 11.8. The number of ether oxygens (including phenoxy) is 4. The number of phenolic OH excluding ortho intramolecular Hbond substituents is 2. The van der Waals surface area contributed by atoms with E-state index < -0.39 is 0 Å². The largest absolute Gasteiger partial charge is 0.504 e. The van der Waals surface area contributed by atoms with Gasteiger partial charge in [0.1, 0.15) is 13.2 Å². The first kappa shape index (κ1) is 25.2. The summed E-state index contributed by atoms with van der Waals surface area (Å²) in [7, 11) is 0. The van der Waals surface area contributed by atoms with Crippen LogP contribution in [-0.4, -0.2) is 62.3 Å². The highest BCUT2D eigenvalue weighted by Gasteiger charge is 2.10. The first-order chi connectivity index (χ1) is 17.5. The van der Waals surface area contributed by atoms with Crippen molar-refractivity contribution in [2.45, 2.75) is 13.8 Å². The monoisotopic (exact) mass is 490 g/mol. The topological polar surface area (TPSA) is 102 Å². The van der Waals surface area contributed by atoms with Crippen LogP contribution in [0.4, 0.5) is 11.4 Å². The van der Waals surface area contributed by atoms with E-state index >= 15 is 0 Å². The Labute approximate surface area is 210 Å². The minimum absolute atomic E-state index is 0.00217. The summed E-state index contributed by atoms with van der Waals surface area (Å²) in [6.07, 6.45) is 3.16. The van der Waals surface area contributed by atoms with Crippen LogP contribution in [0.1, 0.15) is 22.3 Å². The maximum Gasteiger partial charge on any atom is 0.166 e. The van der Waals surface area contributed by atoms with Crippen LogP contribution in [0.2, 0.25) is 0 Å². The number of aryl methyl sites for hydroxylation is 2. The highest BCUT2D eigenvalue weighted by molar-refractivity contribution is 5.90. The number of rotatable bonds is 0. The molecular weight excluding hydrogens is 460 g/mol. The molecule has 0 atom stereocenters. The number of phenols is 2. The zero-order chi connectivity index (χ0) is 25.3. The SMILES string of the molecule is Cc1cc2c(cc1C)N=Cc1cccc(c1O)OCCOCCOCCOc1cccc(c1O)C=N2. The van der Waals surface area contributed by atoms with E-state index in [-0.39, 0.29) is 24.7 Å². The van der Waals surface area contributed by atoms with Gasteiger partial charge < -0.3 is 29.2 Å². The minimum Gasteiger partial charge on any atom is -0.504 e. The van der Waals surface area contributed by atoms with Crippen molar-refractivity contribution < 1.29 is 29.2 Å². The molecule has 3 aromatic carbocycles. The number of hydrogen-bond donors (Lipinski definition) is 2. The molecule has 0 saturated carbocycles. The predicted molar refractivity (Wildman–Crippen MR) is 139 cm³/mol. The lowest BCUT2D eigenvalue weighted by Gasteiger charge is -2.12. The number of para-hydroxylation sites is 2. The van der Waals surface area contributed by atoms with Gasteiger partial charge in [-0.2, -0.15) is 0 Å². The molecule has 36 heavy (non-hydrogen) atoms. The molecule has 0 fully saturated rings. The Morgan fingerprint density at radius 1 is 0.611 bits per heavy atom. The summed E-state index contributed by atoms with van der Waals surface area (Å²) in [6, 6.07) is 14.4. The zero-order valence-corrected chi connectivity index (χ0v) is 20.4. The lowest BCUT2D eigenvalue weighted by atomic mass is 10.1. The summed E-state index contributed by atoms with van der Waals surface area (Å²) in [5.74, 6) is 0.711. The van der Waals surface area contributed by atoms with Crippen molar-refractivity contribution in [3.63, 3.8) is 0 Å². The van der Waals surface area contributed by atoms with Gasteiger partial charge in [-0.1, -0.05) is 12.1 Å². The molecule has 8 heteroatoms. The molecule has 1 aliphatic rings. The zero-order valence-electron chi connectivity index (χ0n) is 20.4. The van der Waals surface area contributed by atoms with Gasteiger partial charge in [-0.15, -0.1) is 0 Å². The van der Waals surface area contributed by atoms with Crippen molar-refractivity contribution in [2.24, 2.45) is 9.98 Å². The van der Waals surface area contributed by atoms with E-state index in [1.54, 1.807) is 48.8 Å². The van der Waals surface area contributed by atoms with Crippen LogP contribution in [0.25, 0.3) is 0 Å². The van der Waals surface area contributed by atoms with Crippen LogP contribution in [0, 0.1) is 13.8 Å². The van der Waals surface area contributed by atoms with E-state index in [1.165, 1.54) is 0 Å². The molecule has 0 aliphatic carbocycles. The molecule has 0 amide bonds. The van der Waals surface area contributed by atoms with Crippen molar-refractivity contribution >= 4 is 23.8 Å². The van der Waals surface area contributed by atoms with E-state index in [4.69, 9.17) is 18.9 Å². The van der Waals surface area contributed by atoms with Gasteiger partial charge in [-0.3, -0.25) is 9.98 Å². The Kier molecular flexibility index (Phi) is 8.54. The average molecular weight is 491 g/mol. The van der Waals surface area contributed by atoms with Gasteiger partial charge in [0, 0.05) is 23.6 Å². The Bertz CT molecular complexity index is 1160. The summed E-state index contributed by atoms with van der Waals surface area (Å²) in [6.45, 7) is 6.06. The molecule has 188 valence electrons. The van der Waals surface area contributed by atoms with Crippen LogP contribution in [-0.2, 0) is 9.47 Å². The van der Waals surface area contributed by atoms with Gasteiger partial charge in [-0.05, 0) is 61.4 Å². The summed E-state index contributed by atoms with van der Waals surface area (Å²) in [5, 5.41) is 21.4. The Hall–Kier alpha value is -3.88. The lowest BCUT2D eigenvalue weighted by Crippen LogP contribution is -2.13. The van der Waals surface area contributed by atoms with Crippen molar-refractivity contribution in [2.75, 3.05) is 39.6 Å². The molecule has 1 aliphatic heterocycles. The maximum absolute atomic E-state index is 10.7. The molecule has 3 aromatic rings. The third-order valence-electron chi connectivity index (χ3n) is 5.68. The van der Waals surface area contributed by atoms with Crippen molar-refractivity contribution in [1.29, 1.82) is 0 Å². The highest BCUT2D eigenvalue weighted by Crippen LogP contribution is 2.34. The van der Waals surface area contributed by atoms with Gasteiger partial charge in [0.2, 0.25) is 0 Å². The van der Waals surface area contributed by atoms with Crippen LogP contribution in [0.5, 0.6) is 23.0 Å². The molecule has 8 nitrogen and oxygen atoms in total. The van der Waals surface area contributed by atoms with Crippen LogP contribution >= 0.6 is 0 Å². The Morgan fingerprint density at radius 3 is 1.47 bits per heavy atom. The summed E-state index contributed by atoms with van der Waals surface area (Å²) in [4.78, 5) is 9.22. The Balaban J connectivity index is 1.69. The summed E-state index contributed by atoms with van der Waals surface area (Å²) in [5.41, 5.74) is 4.40. The minimum atomic E-state index is 0.00217. The second-order valence-corrected chi connectivity index (χ2v) is 8.25. The average Bonchev–Trinajstić information content (AvgIpc) is 2.87. The van der Waals surface area contributed by atoms with Crippen LogP contribution < -0.4 is 9.47 Å². The third kappa shape index (κ3) is 6.41. The number of hydrogen-bond acceptors (Lipinski definition) is 8. The Morgan fingerprint density at radius 2 is 1.03 bits per heavy atom. The first-order valence-electron chi connectivity index (χ1n) is 11.8. The fourth-order valence-corrected chi connectivity index (χ4v) is 3.53. The number of aromatic hydroxyl groups is 2. The molecule has 1 heterocycles. The number of nitrogens with zero attached hydrogens (tertiary/aromatic N) is 2. The molecule has 0 spiro atoms. The quantitative estimate of drug-likeness (QED) is 0.459. The standard InChI is InChI=1S/C28H30N2O6/c1-19-15-23-24(16-20(19)2)30-18-22-6-4-8-26(28(22)32)36-14-12-34-10-9-33-11-13-35-25-7-3-5-21(17-29-23)27(25)31/h3-8,15-18,31-32H,9-14H2,1-2H3. The van der Waals surface area contributed by atoms with Gasteiger partial charge >= 0.3 is 0 Å². The van der Waals surface area contributed by atoms with Crippen LogP contribution in [0.15, 0.2) is 58.5 Å². The molecule has 4 bridgehead atoms. The fourth-order valence-electron chi connectivity index (χ4n) is 3.53. The summed E-state index contributed by atoms with van der Waals surface area (Å²) >= 11 is 0. The van der Waals surface area contributed by atoms with Crippen molar-refractivity contribution in [1.82, 2.24) is 0 Å². The molecule has 0 unspecified atom stereocenters. The van der Waals surface area contributed by atoms with E-state index in [9.17, 15) is 10.2 Å². The molecular formula is C28H30N2O6. The smallest absolute Gasteiger partial charge is 0.166 e. The van der Waals surface area contributed by atoms with Gasteiger partial charge in [0.15, 0.2) is 23.0 Å². The van der Waals surface area contributed by atoms with Gasteiger partial charge in [0.25, 0.3) is 0 Å². The van der Waals surface area contributed by atoms with Crippen molar-refractivity contribution in [3.8, 4) is 23.0 Å². The second-order valence-electron chi connectivity index (χ2n) is 8.25. The third-order valence-corrected chi connectivity index (χ3v) is 5.68. The predicted octanol–water partition coefficient (Wildman–Crippen LogP) is 5.02. The van der Waals surface area contributed by atoms with Crippen molar-refractivity contribution in [3.05, 3.63) is 70.8 Å². The van der Waals surface area contributed by atoms with E-state index in [2.05, 4.69) is 9.98 Å². The normalized spacial score (nSPS) is 15.1. The highest BCUT2D eigenvalue weighted by atomic mass is 16.6. The van der Waals surface area contributed by atoms with E-state index in [0.29, 0.717) is 60.4 Å². The molecule has 4 rings (SSSR count). The molecule has 0 saturated heterocycles. The molecule has 0 radical (unpaired) electrons. The number of benzene rings is 3. The number of aliphatic imine (C=N–C) groups is 2. The van der Waals surface area contributed by atoms with E-state index in [0.717, 1.165) is 11.1 Å². The van der Waals surface area contributed by atoms with Crippen LogP contribution in [0.3, 0.4) is 0 Å².